The molecule has 214 valence electrons. The summed E-state index contributed by atoms with van der Waals surface area (Å²) in [4.78, 5) is 0. The van der Waals surface area contributed by atoms with Gasteiger partial charge in [-0.1, -0.05) is 26.0 Å². The molecule has 0 aliphatic heterocycles. The van der Waals surface area contributed by atoms with Gasteiger partial charge in [0.25, 0.3) is 11.2 Å². The van der Waals surface area contributed by atoms with Crippen LogP contribution in [-0.2, 0) is 16.6 Å². The SMILES string of the molecule is CCC(C)(c1ccc(O)c(C(O)(C(F)(F)F)C(F)(F)F)c1)c1ccc(O)c(C(O)(C(F)(F)F)C(F)(F)F)c1. The van der Waals surface area contributed by atoms with Crippen molar-refractivity contribution in [3.8, 4) is 11.5 Å². The van der Waals surface area contributed by atoms with Crippen LogP contribution in [0.4, 0.5) is 52.7 Å². The van der Waals surface area contributed by atoms with Crippen LogP contribution in [0.1, 0.15) is 42.5 Å². The lowest BCUT2D eigenvalue weighted by Gasteiger charge is -2.37. The molecule has 0 heterocycles. The third kappa shape index (κ3) is 4.61. The van der Waals surface area contributed by atoms with Crippen molar-refractivity contribution in [2.75, 3.05) is 0 Å². The largest absolute Gasteiger partial charge is 0.508 e. The van der Waals surface area contributed by atoms with Crippen LogP contribution in [0.2, 0.25) is 0 Å². The lowest BCUT2D eigenvalue weighted by atomic mass is 9.72. The summed E-state index contributed by atoms with van der Waals surface area (Å²) in [6, 6.07) is 2.25. The molecule has 0 amide bonds. The van der Waals surface area contributed by atoms with E-state index in [9.17, 15) is 73.1 Å². The van der Waals surface area contributed by atoms with Gasteiger partial charge < -0.3 is 20.4 Å². The van der Waals surface area contributed by atoms with Crippen LogP contribution < -0.4 is 0 Å². The highest BCUT2D eigenvalue weighted by atomic mass is 19.4. The van der Waals surface area contributed by atoms with E-state index in [1.165, 1.54) is 6.92 Å². The lowest BCUT2D eigenvalue weighted by Crippen LogP contribution is -2.54. The number of aliphatic hydroxyl groups is 2. The van der Waals surface area contributed by atoms with Gasteiger partial charge in [0.1, 0.15) is 11.5 Å². The Hall–Kier alpha value is -2.88. The van der Waals surface area contributed by atoms with Gasteiger partial charge in [-0.2, -0.15) is 52.7 Å². The highest BCUT2D eigenvalue weighted by Gasteiger charge is 2.73. The molecule has 2 rings (SSSR count). The molecule has 0 bridgehead atoms. The molecule has 4 N–H and O–H groups in total. The second-order valence-electron chi connectivity index (χ2n) is 8.56. The molecule has 0 aliphatic carbocycles. The minimum absolute atomic E-state index is 0.0616. The minimum Gasteiger partial charge on any atom is -0.508 e. The van der Waals surface area contributed by atoms with Crippen LogP contribution in [0.15, 0.2) is 36.4 Å². The summed E-state index contributed by atoms with van der Waals surface area (Å²) in [6.07, 6.45) is -26.1. The first-order valence-corrected chi connectivity index (χ1v) is 10.2. The monoisotopic (exact) mass is 574 g/mol. The maximum Gasteiger partial charge on any atom is 0.430 e. The van der Waals surface area contributed by atoms with Crippen LogP contribution in [-0.4, -0.2) is 45.1 Å². The number of phenolic OH excluding ortho intramolecular Hbond substituents is 2. The summed E-state index contributed by atoms with van der Waals surface area (Å²) in [7, 11) is 0. The minimum atomic E-state index is -6.43. The number of benzene rings is 2. The van der Waals surface area contributed by atoms with Crippen molar-refractivity contribution in [3.63, 3.8) is 0 Å². The van der Waals surface area contributed by atoms with Gasteiger partial charge in [0.2, 0.25) is 0 Å². The molecule has 0 aliphatic rings. The zero-order valence-electron chi connectivity index (χ0n) is 19.0. The molecule has 0 atom stereocenters. The number of alkyl halides is 12. The van der Waals surface area contributed by atoms with Crippen LogP contribution in [0.3, 0.4) is 0 Å². The number of phenols is 2. The maximum atomic E-state index is 13.4. The normalized spacial score (nSPS) is 14.6. The fourth-order valence-corrected chi connectivity index (χ4v) is 3.85. The van der Waals surface area contributed by atoms with E-state index in [0.717, 1.165) is 19.1 Å². The molecule has 0 aromatic heterocycles. The van der Waals surface area contributed by atoms with Gasteiger partial charge in [0, 0.05) is 16.5 Å². The van der Waals surface area contributed by atoms with Crippen molar-refractivity contribution in [1.82, 2.24) is 0 Å². The van der Waals surface area contributed by atoms with Gasteiger partial charge in [0.05, 0.1) is 0 Å². The van der Waals surface area contributed by atoms with E-state index in [2.05, 4.69) is 0 Å². The van der Waals surface area contributed by atoms with Gasteiger partial charge >= 0.3 is 24.7 Å². The smallest absolute Gasteiger partial charge is 0.430 e. The molecule has 0 fully saturated rings. The first-order valence-electron chi connectivity index (χ1n) is 10.2. The van der Waals surface area contributed by atoms with E-state index >= 15 is 0 Å². The highest BCUT2D eigenvalue weighted by Crippen LogP contribution is 2.55. The van der Waals surface area contributed by atoms with E-state index in [1.807, 2.05) is 0 Å². The van der Waals surface area contributed by atoms with Crippen molar-refractivity contribution < 1.29 is 73.1 Å². The van der Waals surface area contributed by atoms with Crippen molar-refractivity contribution in [2.24, 2.45) is 0 Å². The summed E-state index contributed by atoms with van der Waals surface area (Å²) in [6.45, 7) is 2.23. The summed E-state index contributed by atoms with van der Waals surface area (Å²) in [5, 5.41) is 39.0. The number of hydrogen-bond acceptors (Lipinski definition) is 4. The first kappa shape index (κ1) is 31.3. The van der Waals surface area contributed by atoms with Crippen molar-refractivity contribution in [3.05, 3.63) is 58.7 Å². The Kier molecular flexibility index (Phi) is 7.51. The van der Waals surface area contributed by atoms with Crippen LogP contribution >= 0.6 is 0 Å². The van der Waals surface area contributed by atoms with E-state index in [4.69, 9.17) is 0 Å². The fraction of sp³-hybridized carbons (Fsp3) is 0.455. The Morgan fingerprint density at radius 3 is 1.03 bits per heavy atom. The molecule has 0 saturated carbocycles. The molecule has 0 radical (unpaired) electrons. The van der Waals surface area contributed by atoms with Crippen LogP contribution in [0, 0.1) is 0 Å². The Morgan fingerprint density at radius 1 is 0.553 bits per heavy atom. The Morgan fingerprint density at radius 2 is 0.816 bits per heavy atom. The first-order chi connectivity index (χ1) is 16.8. The second-order valence-corrected chi connectivity index (χ2v) is 8.56. The Labute approximate surface area is 205 Å². The topological polar surface area (TPSA) is 80.9 Å². The third-order valence-corrected chi connectivity index (χ3v) is 6.40. The van der Waals surface area contributed by atoms with E-state index < -0.39 is 81.5 Å². The zero-order valence-corrected chi connectivity index (χ0v) is 19.0. The van der Waals surface area contributed by atoms with E-state index in [0.29, 0.717) is 12.1 Å². The number of hydrogen-bond donors (Lipinski definition) is 4. The van der Waals surface area contributed by atoms with Gasteiger partial charge in [-0.25, -0.2) is 0 Å². The number of halogens is 12. The van der Waals surface area contributed by atoms with Gasteiger partial charge in [0.15, 0.2) is 0 Å². The summed E-state index contributed by atoms with van der Waals surface area (Å²) >= 11 is 0. The van der Waals surface area contributed by atoms with Gasteiger partial charge in [-0.05, 0) is 41.8 Å². The molecule has 38 heavy (non-hydrogen) atoms. The second kappa shape index (κ2) is 9.10. The molecular formula is C22H18F12O4. The summed E-state index contributed by atoms with van der Waals surface area (Å²) in [5.74, 6) is -3.33. The van der Waals surface area contributed by atoms with Crippen molar-refractivity contribution in [1.29, 1.82) is 0 Å². The van der Waals surface area contributed by atoms with Crippen molar-refractivity contribution in [2.45, 2.75) is 61.6 Å². The lowest BCUT2D eigenvalue weighted by molar-refractivity contribution is -0.377. The maximum absolute atomic E-state index is 13.4. The van der Waals surface area contributed by atoms with Crippen LogP contribution in [0.5, 0.6) is 11.5 Å². The predicted octanol–water partition coefficient (Wildman–Crippen LogP) is 6.44. The number of aromatic hydroxyl groups is 2. The molecule has 2 aromatic carbocycles. The van der Waals surface area contributed by atoms with Gasteiger partial charge in [-0.15, -0.1) is 0 Å². The van der Waals surface area contributed by atoms with Crippen molar-refractivity contribution >= 4 is 0 Å². The van der Waals surface area contributed by atoms with Gasteiger partial charge in [-0.3, -0.25) is 0 Å². The molecular weight excluding hydrogens is 556 g/mol. The molecule has 16 heteroatoms. The fourth-order valence-electron chi connectivity index (χ4n) is 3.85. The quantitative estimate of drug-likeness (QED) is 0.310. The number of rotatable bonds is 5. The Balaban J connectivity index is 2.91. The average Bonchev–Trinajstić information content (AvgIpc) is 2.75. The standard InChI is InChI=1S/C22H18F12O4/c1-3-16(2,10-4-6-14(35)12(8-10)17(37,19(23,24)25)20(26,27)28)11-5-7-15(36)13(9-11)18(38,21(29,30)31)22(32,33)34/h4-9,35-38H,3H2,1-2H3. The average molecular weight is 574 g/mol. The van der Waals surface area contributed by atoms with E-state index in [-0.39, 0.29) is 12.1 Å². The molecule has 2 aromatic rings. The molecule has 0 spiro atoms. The molecule has 0 saturated heterocycles. The summed E-state index contributed by atoms with van der Waals surface area (Å²) < 4.78 is 161. The predicted molar refractivity (Wildman–Crippen MR) is 105 cm³/mol. The van der Waals surface area contributed by atoms with Crippen LogP contribution in [0.25, 0.3) is 0 Å². The molecule has 0 unspecified atom stereocenters. The Bertz CT molecular complexity index is 1060. The highest BCUT2D eigenvalue weighted by molar-refractivity contribution is 5.51. The van der Waals surface area contributed by atoms with E-state index in [1.54, 1.807) is 0 Å². The summed E-state index contributed by atoms with van der Waals surface area (Å²) in [5.41, 5.74) is -18.6. The molecule has 4 nitrogen and oxygen atoms in total. The third-order valence-electron chi connectivity index (χ3n) is 6.40. The zero-order chi connectivity index (χ0) is 29.9.